The van der Waals surface area contributed by atoms with E-state index in [0.29, 0.717) is 0 Å². The first-order valence-electron chi connectivity index (χ1n) is 6.90. The summed E-state index contributed by atoms with van der Waals surface area (Å²) in [5, 5.41) is 2.65. The summed E-state index contributed by atoms with van der Waals surface area (Å²) in [6.45, 7) is 5.56. The first-order valence-corrected chi connectivity index (χ1v) is 6.90. The molecular weight excluding hydrogens is 342 g/mol. The van der Waals surface area contributed by atoms with Crippen molar-refractivity contribution in [2.45, 2.75) is 26.3 Å². The molecule has 0 atom stereocenters. The Bertz CT molecular complexity index is 663. The normalized spacial score (nSPS) is 9.17. The monoisotopic (exact) mass is 369 g/mol. The van der Waals surface area contributed by atoms with Crippen LogP contribution in [0.1, 0.15) is 20.8 Å². The third-order valence-corrected chi connectivity index (χ3v) is 2.77. The fourth-order valence-corrected chi connectivity index (χ4v) is 2.02. The topological polar surface area (TPSA) is 23.8 Å². The van der Waals surface area contributed by atoms with Crippen LogP contribution in [0, 0.1) is 14.9 Å². The molecular formula is C21H27NSiTi. The van der Waals surface area contributed by atoms with Crippen LogP contribution < -0.4 is 0 Å². The van der Waals surface area contributed by atoms with E-state index in [1.807, 2.05) is 20.8 Å². The summed E-state index contributed by atoms with van der Waals surface area (Å²) in [5.74, 6) is 0. The summed E-state index contributed by atoms with van der Waals surface area (Å²) in [6, 6.07) is 23.4. The van der Waals surface area contributed by atoms with Gasteiger partial charge in [-0.15, -0.1) is 52.2 Å². The van der Waals surface area contributed by atoms with Crippen molar-refractivity contribution < 1.29 is 21.7 Å². The first-order chi connectivity index (χ1) is 9.45. The van der Waals surface area contributed by atoms with Gasteiger partial charge < -0.3 is 20.6 Å². The van der Waals surface area contributed by atoms with Crippen molar-refractivity contribution in [1.29, 1.82) is 0 Å². The average molecular weight is 369 g/mol. The summed E-state index contributed by atoms with van der Waals surface area (Å²) in [5.41, 5.74) is 9.30. The van der Waals surface area contributed by atoms with E-state index >= 15 is 0 Å². The molecule has 24 heavy (non-hydrogen) atoms. The molecule has 0 heterocycles. The van der Waals surface area contributed by atoms with Crippen LogP contribution in [0.25, 0.3) is 27.6 Å². The van der Waals surface area contributed by atoms with Crippen LogP contribution in [-0.4, -0.2) is 16.5 Å². The Hall–Kier alpha value is -1.06. The summed E-state index contributed by atoms with van der Waals surface area (Å²) >= 11 is 0. The molecule has 0 aliphatic rings. The maximum absolute atomic E-state index is 6.94. The molecule has 1 nitrogen and oxygen atoms in total. The quantitative estimate of drug-likeness (QED) is 0.342. The van der Waals surface area contributed by atoms with Gasteiger partial charge in [0.1, 0.15) is 0 Å². The Kier molecular flexibility index (Phi) is 14.3. The van der Waals surface area contributed by atoms with Gasteiger partial charge in [0.05, 0.1) is 0 Å². The van der Waals surface area contributed by atoms with Gasteiger partial charge in [0.2, 0.25) is 0 Å². The van der Waals surface area contributed by atoms with Crippen LogP contribution in [0.5, 0.6) is 0 Å². The molecule has 124 valence electrons. The maximum atomic E-state index is 6.94. The molecule has 3 rings (SSSR count). The van der Waals surface area contributed by atoms with Gasteiger partial charge in [-0.3, -0.25) is 0 Å². The SMILES string of the molecule is CC(C)(C)[NH-].[CH3-].[CH3-].[Si].[Ti+4].c1ccc(-c2c[cH-]c3ccccc23)cc1. The number of benzene rings is 2. The molecule has 0 aromatic heterocycles. The zero-order valence-corrected chi connectivity index (χ0v) is 17.9. The van der Waals surface area contributed by atoms with Crippen molar-refractivity contribution in [3.8, 4) is 11.1 Å². The van der Waals surface area contributed by atoms with Gasteiger partial charge >= 0.3 is 21.7 Å². The van der Waals surface area contributed by atoms with Crippen LogP contribution in [0.3, 0.4) is 0 Å². The molecule has 4 radical (unpaired) electrons. The zero-order chi connectivity index (χ0) is 14.6. The van der Waals surface area contributed by atoms with Crippen LogP contribution >= 0.6 is 0 Å². The van der Waals surface area contributed by atoms with Gasteiger partial charge in [-0.05, 0) is 0 Å². The van der Waals surface area contributed by atoms with Gasteiger partial charge in [-0.1, -0.05) is 62.7 Å². The van der Waals surface area contributed by atoms with Gasteiger partial charge in [0.25, 0.3) is 0 Å². The summed E-state index contributed by atoms with van der Waals surface area (Å²) < 4.78 is 0. The molecule has 0 bridgehead atoms. The van der Waals surface area contributed by atoms with Crippen molar-refractivity contribution >= 4 is 21.7 Å². The van der Waals surface area contributed by atoms with E-state index in [-0.39, 0.29) is 53.1 Å². The Labute approximate surface area is 167 Å². The Morgan fingerprint density at radius 2 is 1.29 bits per heavy atom. The van der Waals surface area contributed by atoms with Crippen LogP contribution in [0.2, 0.25) is 0 Å². The number of nitrogens with one attached hydrogen (secondary N) is 1. The van der Waals surface area contributed by atoms with E-state index in [9.17, 15) is 0 Å². The average Bonchev–Trinajstić information content (AvgIpc) is 2.81. The molecule has 1 N–H and O–H groups in total. The molecule has 0 saturated carbocycles. The number of hydrogen-bond donors (Lipinski definition) is 0. The molecule has 3 aromatic rings. The molecule has 0 amide bonds. The van der Waals surface area contributed by atoms with Crippen molar-refractivity contribution in [3.05, 3.63) is 87.3 Å². The van der Waals surface area contributed by atoms with Gasteiger partial charge in [-0.2, -0.15) is 0 Å². The minimum Gasteiger partial charge on any atom is -0.673 e. The predicted molar refractivity (Wildman–Crippen MR) is 108 cm³/mol. The minimum absolute atomic E-state index is 0. The van der Waals surface area contributed by atoms with Gasteiger partial charge in [0, 0.05) is 11.0 Å². The predicted octanol–water partition coefficient (Wildman–Crippen LogP) is 6.58. The number of fused-ring (bicyclic) bond motifs is 1. The summed E-state index contributed by atoms with van der Waals surface area (Å²) in [6.07, 6.45) is 0. The van der Waals surface area contributed by atoms with Crippen molar-refractivity contribution in [1.82, 2.24) is 0 Å². The van der Waals surface area contributed by atoms with Crippen molar-refractivity contribution in [2.24, 2.45) is 0 Å². The standard InChI is InChI=1S/C15H11.C4H10N.2CH3.Si.Ti/c1-2-6-12(7-3-1)15-11-10-13-8-4-5-9-14(13)15;1-4(2,3)5;;;;/h1-11H;5H,1-3H3;2*1H3;;/q4*-1;;+4. The van der Waals surface area contributed by atoms with Gasteiger partial charge in [-0.25, -0.2) is 0 Å². The molecule has 0 saturated heterocycles. The second-order valence-corrected chi connectivity index (χ2v) is 5.95. The van der Waals surface area contributed by atoms with E-state index < -0.39 is 0 Å². The van der Waals surface area contributed by atoms with E-state index in [0.717, 1.165) is 0 Å². The molecule has 0 aliphatic heterocycles. The van der Waals surface area contributed by atoms with E-state index in [2.05, 4.69) is 66.7 Å². The largest absolute Gasteiger partial charge is 4.00 e. The Morgan fingerprint density at radius 3 is 1.83 bits per heavy atom. The zero-order valence-electron chi connectivity index (χ0n) is 15.4. The molecule has 0 unspecified atom stereocenters. The third kappa shape index (κ3) is 8.70. The first kappa shape index (κ1) is 27.8. The second kappa shape index (κ2) is 12.3. The Morgan fingerprint density at radius 1 is 0.833 bits per heavy atom. The molecule has 0 spiro atoms. The Balaban J connectivity index is -0.000000441. The van der Waals surface area contributed by atoms with Crippen LogP contribution in [-0.2, 0) is 21.7 Å². The van der Waals surface area contributed by atoms with Crippen molar-refractivity contribution in [3.63, 3.8) is 0 Å². The fourth-order valence-electron chi connectivity index (χ4n) is 2.02. The smallest absolute Gasteiger partial charge is 0.673 e. The van der Waals surface area contributed by atoms with E-state index in [1.165, 1.54) is 21.9 Å². The van der Waals surface area contributed by atoms with E-state index in [1.54, 1.807) is 0 Å². The third-order valence-electron chi connectivity index (χ3n) is 2.77. The summed E-state index contributed by atoms with van der Waals surface area (Å²) in [4.78, 5) is 0. The van der Waals surface area contributed by atoms with Crippen LogP contribution in [0.15, 0.2) is 66.7 Å². The fraction of sp³-hybridized carbons (Fsp3) is 0.190. The summed E-state index contributed by atoms with van der Waals surface area (Å²) in [7, 11) is 0. The molecule has 0 aliphatic carbocycles. The molecule has 3 aromatic carbocycles. The number of hydrogen-bond acceptors (Lipinski definition) is 0. The van der Waals surface area contributed by atoms with E-state index in [4.69, 9.17) is 5.73 Å². The minimum atomic E-state index is -0.250. The number of rotatable bonds is 1. The second-order valence-electron chi connectivity index (χ2n) is 5.95. The molecule has 3 heteroatoms. The molecule has 0 fully saturated rings. The van der Waals surface area contributed by atoms with Crippen LogP contribution in [0.4, 0.5) is 0 Å². The maximum Gasteiger partial charge on any atom is 4.00 e. The van der Waals surface area contributed by atoms with Crippen molar-refractivity contribution in [2.75, 3.05) is 0 Å². The van der Waals surface area contributed by atoms with Gasteiger partial charge in [0.15, 0.2) is 0 Å².